The van der Waals surface area contributed by atoms with Crippen LogP contribution in [0.15, 0.2) is 0 Å². The largest absolute Gasteiger partial charge is 0.483 e. The number of rotatable bonds is 4. The number of amides is 2. The van der Waals surface area contributed by atoms with Crippen molar-refractivity contribution in [3.63, 3.8) is 0 Å². The lowest BCUT2D eigenvalue weighted by molar-refractivity contribution is -0.134. The van der Waals surface area contributed by atoms with Crippen LogP contribution in [0.1, 0.15) is 13.8 Å². The van der Waals surface area contributed by atoms with Crippen LogP contribution in [-0.4, -0.2) is 42.1 Å². The molecule has 0 saturated carbocycles. The Hall–Kier alpha value is -1.21. The maximum atomic E-state index is 11.4. The molecule has 1 aliphatic heterocycles. The van der Waals surface area contributed by atoms with Gasteiger partial charge in [0, 0.05) is 0 Å². The summed E-state index contributed by atoms with van der Waals surface area (Å²) in [6.45, 7) is 3.87. The van der Waals surface area contributed by atoms with Crippen molar-refractivity contribution in [2.24, 2.45) is 11.7 Å². The highest BCUT2D eigenvalue weighted by molar-refractivity contribution is 7.80. The average molecular weight is 259 g/mol. The quantitative estimate of drug-likeness (QED) is 0.559. The molecule has 1 heterocycles. The lowest BCUT2D eigenvalue weighted by Gasteiger charge is -2.24. The van der Waals surface area contributed by atoms with Crippen LogP contribution in [0.4, 0.5) is 0 Å². The zero-order chi connectivity index (χ0) is 13.0. The van der Waals surface area contributed by atoms with Crippen molar-refractivity contribution < 1.29 is 14.3 Å². The van der Waals surface area contributed by atoms with E-state index in [1.807, 2.05) is 13.8 Å². The predicted molar refractivity (Wildman–Crippen MR) is 66.3 cm³/mol. The van der Waals surface area contributed by atoms with Gasteiger partial charge in [0.15, 0.2) is 5.05 Å². The second-order valence-corrected chi connectivity index (χ2v) is 4.64. The fraction of sp³-hybridized carbons (Fsp3) is 0.700. The Balaban J connectivity index is 2.42. The molecular formula is C10H17N3O3S. The number of thiocarbonyl (C=S) groups is 1. The summed E-state index contributed by atoms with van der Waals surface area (Å²) < 4.78 is 5.25. The van der Waals surface area contributed by atoms with Gasteiger partial charge in [-0.25, -0.2) is 0 Å². The molecule has 17 heavy (non-hydrogen) atoms. The minimum Gasteiger partial charge on any atom is -0.483 e. The molecule has 0 aromatic carbocycles. The molecule has 0 aliphatic carbocycles. The Kier molecular flexibility index (Phi) is 4.83. The van der Waals surface area contributed by atoms with Gasteiger partial charge in [-0.3, -0.25) is 9.59 Å². The van der Waals surface area contributed by atoms with E-state index in [0.717, 1.165) is 0 Å². The van der Waals surface area contributed by atoms with Gasteiger partial charge in [0.25, 0.3) is 0 Å². The number of carbonyl (C=O) groups is 2. The summed E-state index contributed by atoms with van der Waals surface area (Å²) in [6.07, 6.45) is 0. The lowest BCUT2D eigenvalue weighted by atomic mass is 10.1. The monoisotopic (exact) mass is 259 g/mol. The van der Waals surface area contributed by atoms with Crippen molar-refractivity contribution in [1.29, 1.82) is 0 Å². The van der Waals surface area contributed by atoms with Crippen LogP contribution in [0, 0.1) is 5.92 Å². The SMILES string of the molecule is CC(C)C(N)C(=S)OC[C@@H]1NC(=O)CNC1=O. The maximum absolute atomic E-state index is 11.4. The summed E-state index contributed by atoms with van der Waals surface area (Å²) in [5.74, 6) is -0.347. The molecule has 1 aliphatic rings. The molecular weight excluding hydrogens is 242 g/mol. The highest BCUT2D eigenvalue weighted by Gasteiger charge is 2.27. The van der Waals surface area contributed by atoms with E-state index in [9.17, 15) is 9.59 Å². The minimum absolute atomic E-state index is 0.00525. The summed E-state index contributed by atoms with van der Waals surface area (Å²) in [4.78, 5) is 22.4. The molecule has 2 atom stereocenters. The Morgan fingerprint density at radius 3 is 2.82 bits per heavy atom. The molecule has 0 aromatic rings. The first kappa shape index (κ1) is 13.9. The van der Waals surface area contributed by atoms with Gasteiger partial charge in [-0.2, -0.15) is 0 Å². The number of nitrogens with one attached hydrogen (secondary N) is 2. The van der Waals surface area contributed by atoms with E-state index in [1.54, 1.807) is 0 Å². The van der Waals surface area contributed by atoms with Gasteiger partial charge in [0.1, 0.15) is 12.6 Å². The number of hydrogen-bond acceptors (Lipinski definition) is 5. The van der Waals surface area contributed by atoms with Crippen molar-refractivity contribution in [3.8, 4) is 0 Å². The maximum Gasteiger partial charge on any atom is 0.246 e. The molecule has 1 saturated heterocycles. The Bertz CT molecular complexity index is 333. The zero-order valence-electron chi connectivity index (χ0n) is 9.86. The standard InChI is InChI=1S/C10H17N3O3S/c1-5(2)8(11)10(17)16-4-6-9(15)12-3-7(14)13-6/h5-6,8H,3-4,11H2,1-2H3,(H,12,15)(H,13,14)/t6-,8?/m0/s1. The van der Waals surface area contributed by atoms with E-state index in [4.69, 9.17) is 22.7 Å². The van der Waals surface area contributed by atoms with Crippen molar-refractivity contribution in [2.45, 2.75) is 25.9 Å². The predicted octanol–water partition coefficient (Wildman–Crippen LogP) is -1.07. The highest BCUT2D eigenvalue weighted by atomic mass is 32.1. The van der Waals surface area contributed by atoms with Gasteiger partial charge in [0.2, 0.25) is 11.8 Å². The number of nitrogens with two attached hydrogens (primary N) is 1. The van der Waals surface area contributed by atoms with Gasteiger partial charge in [-0.1, -0.05) is 13.8 Å². The third-order valence-electron chi connectivity index (χ3n) is 2.46. The number of hydrogen-bond donors (Lipinski definition) is 3. The molecule has 4 N–H and O–H groups in total. The normalized spacial score (nSPS) is 21.8. The molecule has 6 nitrogen and oxygen atoms in total. The summed E-state index contributed by atoms with van der Waals surface area (Å²) >= 11 is 5.00. The van der Waals surface area contributed by atoms with Crippen LogP contribution >= 0.6 is 12.2 Å². The molecule has 0 bridgehead atoms. The number of carbonyl (C=O) groups excluding carboxylic acids is 2. The van der Waals surface area contributed by atoms with Crippen LogP contribution in [0.5, 0.6) is 0 Å². The molecule has 96 valence electrons. The van der Waals surface area contributed by atoms with Crippen LogP contribution in [-0.2, 0) is 14.3 Å². The van der Waals surface area contributed by atoms with E-state index in [0.29, 0.717) is 0 Å². The van der Waals surface area contributed by atoms with E-state index in [2.05, 4.69) is 10.6 Å². The fourth-order valence-corrected chi connectivity index (χ4v) is 1.59. The van der Waals surface area contributed by atoms with Crippen LogP contribution in [0.25, 0.3) is 0 Å². The summed E-state index contributed by atoms with van der Waals surface area (Å²) in [5, 5.41) is 5.22. The highest BCUT2D eigenvalue weighted by Crippen LogP contribution is 2.03. The molecule has 7 heteroatoms. The van der Waals surface area contributed by atoms with Gasteiger partial charge < -0.3 is 21.1 Å². The first-order valence-electron chi connectivity index (χ1n) is 5.41. The molecule has 1 fully saturated rings. The van der Waals surface area contributed by atoms with Crippen LogP contribution < -0.4 is 16.4 Å². The molecule has 0 aromatic heterocycles. The number of piperazine rings is 1. The van der Waals surface area contributed by atoms with Crippen LogP contribution in [0.3, 0.4) is 0 Å². The topological polar surface area (TPSA) is 93.4 Å². The molecule has 1 unspecified atom stereocenters. The van der Waals surface area contributed by atoms with Gasteiger partial charge in [-0.05, 0) is 18.1 Å². The Morgan fingerprint density at radius 1 is 1.59 bits per heavy atom. The van der Waals surface area contributed by atoms with E-state index in [-0.39, 0.29) is 42.0 Å². The van der Waals surface area contributed by atoms with Gasteiger partial charge in [0.05, 0.1) is 12.6 Å². The van der Waals surface area contributed by atoms with Crippen LogP contribution in [0.2, 0.25) is 0 Å². The summed E-state index contributed by atoms with van der Waals surface area (Å²) in [5.41, 5.74) is 5.78. The lowest BCUT2D eigenvalue weighted by Crippen LogP contribution is -2.58. The Labute approximate surface area is 105 Å². The van der Waals surface area contributed by atoms with E-state index in [1.165, 1.54) is 0 Å². The molecule has 1 rings (SSSR count). The van der Waals surface area contributed by atoms with Crippen molar-refractivity contribution in [3.05, 3.63) is 0 Å². The van der Waals surface area contributed by atoms with Gasteiger partial charge >= 0.3 is 0 Å². The van der Waals surface area contributed by atoms with E-state index >= 15 is 0 Å². The molecule has 2 amide bonds. The first-order valence-corrected chi connectivity index (χ1v) is 5.82. The average Bonchev–Trinajstić information content (AvgIpc) is 2.28. The van der Waals surface area contributed by atoms with Crippen molar-refractivity contribution in [2.75, 3.05) is 13.2 Å². The van der Waals surface area contributed by atoms with Crippen molar-refractivity contribution >= 4 is 29.1 Å². The third-order valence-corrected chi connectivity index (χ3v) is 2.85. The summed E-state index contributed by atoms with van der Waals surface area (Å²) in [7, 11) is 0. The van der Waals surface area contributed by atoms with E-state index < -0.39 is 6.04 Å². The second kappa shape index (κ2) is 5.92. The Morgan fingerprint density at radius 2 is 2.24 bits per heavy atom. The first-order chi connectivity index (χ1) is 7.91. The fourth-order valence-electron chi connectivity index (χ4n) is 1.25. The minimum atomic E-state index is -0.700. The summed E-state index contributed by atoms with van der Waals surface area (Å²) in [6, 6.07) is -1.05. The second-order valence-electron chi connectivity index (χ2n) is 4.24. The zero-order valence-corrected chi connectivity index (χ0v) is 10.7. The number of ether oxygens (including phenoxy) is 1. The molecule has 0 spiro atoms. The molecule has 0 radical (unpaired) electrons. The third kappa shape index (κ3) is 3.94. The smallest absolute Gasteiger partial charge is 0.246 e. The van der Waals surface area contributed by atoms with Crippen molar-refractivity contribution in [1.82, 2.24) is 10.6 Å². The van der Waals surface area contributed by atoms with Gasteiger partial charge in [-0.15, -0.1) is 0 Å².